The molecule has 3 atom stereocenters. The molecule has 1 aliphatic carbocycles. The largest absolute Gasteiger partial charge is 0.457 e. The highest BCUT2D eigenvalue weighted by atomic mass is 32.1. The summed E-state index contributed by atoms with van der Waals surface area (Å²) in [5.41, 5.74) is -0.342. The molecule has 0 fully saturated rings. The van der Waals surface area contributed by atoms with Crippen molar-refractivity contribution < 1.29 is 37.5 Å². The van der Waals surface area contributed by atoms with Gasteiger partial charge in [0.15, 0.2) is 11.6 Å². The summed E-state index contributed by atoms with van der Waals surface area (Å²) in [5.74, 6) is -9.41. The van der Waals surface area contributed by atoms with E-state index in [0.717, 1.165) is 23.5 Å². The lowest BCUT2D eigenvalue weighted by Crippen LogP contribution is -2.60. The third-order valence-electron chi connectivity index (χ3n) is 5.67. The number of thiophene rings is 1. The molecule has 0 saturated heterocycles. The van der Waals surface area contributed by atoms with E-state index in [0.29, 0.717) is 0 Å². The van der Waals surface area contributed by atoms with E-state index in [1.165, 1.54) is 29.6 Å². The minimum Gasteiger partial charge on any atom is -0.457 e. The van der Waals surface area contributed by atoms with Crippen LogP contribution in [0.3, 0.4) is 0 Å². The van der Waals surface area contributed by atoms with E-state index in [1.807, 2.05) is 0 Å². The van der Waals surface area contributed by atoms with Gasteiger partial charge in [0.25, 0.3) is 5.69 Å². The zero-order valence-corrected chi connectivity index (χ0v) is 17.1. The Morgan fingerprint density at radius 2 is 1.91 bits per heavy atom. The number of nitro benzene ring substituents is 1. The molecule has 0 amide bonds. The Bertz CT molecular complexity index is 1110. The smallest absolute Gasteiger partial charge is 0.456 e. The third-order valence-corrected chi connectivity index (χ3v) is 6.55. The van der Waals surface area contributed by atoms with Crippen LogP contribution in [-0.2, 0) is 9.53 Å². The highest BCUT2D eigenvalue weighted by Gasteiger charge is 2.69. The molecular formula is C21H16F3NO6S. The lowest BCUT2D eigenvalue weighted by atomic mass is 9.68. The summed E-state index contributed by atoms with van der Waals surface area (Å²) in [4.78, 5) is 36.4. The fourth-order valence-corrected chi connectivity index (χ4v) is 4.93. The number of halogens is 3. The number of allylic oxidation sites excluding steroid dienone is 2. The van der Waals surface area contributed by atoms with E-state index in [1.54, 1.807) is 0 Å². The molecule has 11 heteroatoms. The normalized spacial score (nSPS) is 25.8. The molecule has 0 radical (unpaired) electrons. The van der Waals surface area contributed by atoms with Crippen LogP contribution in [0.2, 0.25) is 0 Å². The van der Waals surface area contributed by atoms with Gasteiger partial charge in [0.2, 0.25) is 0 Å². The Balaban J connectivity index is 1.97. The maximum absolute atomic E-state index is 14.2. The van der Waals surface area contributed by atoms with Crippen molar-refractivity contribution in [2.75, 3.05) is 0 Å². The van der Waals surface area contributed by atoms with E-state index in [9.17, 15) is 38.0 Å². The molecule has 4 rings (SSSR count). The molecule has 0 bridgehead atoms. The number of ether oxygens (including phenoxy) is 1. The lowest BCUT2D eigenvalue weighted by Gasteiger charge is -2.46. The summed E-state index contributed by atoms with van der Waals surface area (Å²) in [6, 6.07) is 7.36. The van der Waals surface area contributed by atoms with Crippen molar-refractivity contribution in [3.63, 3.8) is 0 Å². The zero-order chi connectivity index (χ0) is 23.3. The van der Waals surface area contributed by atoms with Gasteiger partial charge in [-0.2, -0.15) is 13.2 Å². The first-order chi connectivity index (χ1) is 15.0. The first-order valence-corrected chi connectivity index (χ1v) is 10.5. The van der Waals surface area contributed by atoms with Crippen LogP contribution in [0.15, 0.2) is 53.1 Å². The Labute approximate surface area is 183 Å². The molecule has 7 nitrogen and oxygen atoms in total. The number of rotatable bonds is 4. The summed E-state index contributed by atoms with van der Waals surface area (Å²) >= 11 is 0.896. The van der Waals surface area contributed by atoms with Gasteiger partial charge in [-0.25, -0.2) is 0 Å². The molecule has 168 valence electrons. The summed E-state index contributed by atoms with van der Waals surface area (Å²) in [5, 5.41) is 23.3. The van der Waals surface area contributed by atoms with Crippen LogP contribution in [0.1, 0.15) is 40.4 Å². The number of aliphatic hydroxyl groups is 1. The Hall–Kier alpha value is -3.05. The molecule has 1 aromatic heterocycles. The molecule has 32 heavy (non-hydrogen) atoms. The van der Waals surface area contributed by atoms with Gasteiger partial charge in [0.05, 0.1) is 9.80 Å². The Kier molecular flexibility index (Phi) is 5.41. The number of benzene rings is 1. The minimum atomic E-state index is -5.36. The number of ketones is 2. The molecule has 1 N–H and O–H groups in total. The van der Waals surface area contributed by atoms with Crippen LogP contribution < -0.4 is 0 Å². The molecule has 1 aromatic carbocycles. The van der Waals surface area contributed by atoms with E-state index in [-0.39, 0.29) is 46.7 Å². The standard InChI is InChI=1S/C21H16F3NO6S/c22-21(23,24)20(28)18(19(27)15-5-2-10-32-15)16(11-6-8-12(9-7-11)25(29)30)17-13(26)3-1-4-14(17)31-20/h2,5-10,16,18,28H,1,3-4H2. The molecule has 2 aliphatic rings. The number of nitro groups is 1. The molecule has 0 saturated carbocycles. The van der Waals surface area contributed by atoms with Gasteiger partial charge in [-0.1, -0.05) is 18.2 Å². The number of hydrogen-bond donors (Lipinski definition) is 1. The Morgan fingerprint density at radius 1 is 1.22 bits per heavy atom. The highest BCUT2D eigenvalue weighted by molar-refractivity contribution is 7.12. The molecule has 2 aromatic rings. The van der Waals surface area contributed by atoms with E-state index < -0.39 is 40.3 Å². The third kappa shape index (κ3) is 3.51. The van der Waals surface area contributed by atoms with Crippen LogP contribution in [0, 0.1) is 16.0 Å². The predicted molar refractivity (Wildman–Crippen MR) is 106 cm³/mol. The van der Waals surface area contributed by atoms with E-state index in [4.69, 9.17) is 4.74 Å². The second-order valence-electron chi connectivity index (χ2n) is 7.56. The molecule has 3 unspecified atom stereocenters. The van der Waals surface area contributed by atoms with Gasteiger partial charge < -0.3 is 9.84 Å². The lowest BCUT2D eigenvalue weighted by molar-refractivity contribution is -0.384. The number of alkyl halides is 3. The van der Waals surface area contributed by atoms with Crippen molar-refractivity contribution in [3.05, 3.63) is 73.7 Å². The van der Waals surface area contributed by atoms with E-state index >= 15 is 0 Å². The first-order valence-electron chi connectivity index (χ1n) is 9.61. The van der Waals surface area contributed by atoms with Crippen molar-refractivity contribution in [1.29, 1.82) is 0 Å². The second kappa shape index (κ2) is 7.82. The highest BCUT2D eigenvalue weighted by Crippen LogP contribution is 2.54. The van der Waals surface area contributed by atoms with Crippen molar-refractivity contribution in [3.8, 4) is 0 Å². The van der Waals surface area contributed by atoms with Crippen LogP contribution >= 0.6 is 11.3 Å². The van der Waals surface area contributed by atoms with Crippen LogP contribution in [0.5, 0.6) is 0 Å². The Morgan fingerprint density at radius 3 is 2.47 bits per heavy atom. The van der Waals surface area contributed by atoms with Gasteiger partial charge in [0, 0.05) is 36.5 Å². The van der Waals surface area contributed by atoms with Crippen molar-refractivity contribution >= 4 is 28.6 Å². The predicted octanol–water partition coefficient (Wildman–Crippen LogP) is 4.53. The number of nitrogens with zero attached hydrogens (tertiary/aromatic N) is 1. The topological polar surface area (TPSA) is 107 Å². The number of Topliss-reactive ketones (excluding diaryl/α,β-unsaturated/α-hetero) is 2. The molecule has 0 spiro atoms. The average molecular weight is 467 g/mol. The zero-order valence-electron chi connectivity index (χ0n) is 16.3. The van der Waals surface area contributed by atoms with Gasteiger partial charge in [-0.3, -0.25) is 19.7 Å². The van der Waals surface area contributed by atoms with Crippen molar-refractivity contribution in [1.82, 2.24) is 0 Å². The minimum absolute atomic E-state index is 0.0111. The second-order valence-corrected chi connectivity index (χ2v) is 8.50. The van der Waals surface area contributed by atoms with Gasteiger partial charge >= 0.3 is 12.0 Å². The molecule has 2 heterocycles. The fourth-order valence-electron chi connectivity index (χ4n) is 4.23. The number of hydrogen-bond acceptors (Lipinski definition) is 7. The fraction of sp³-hybridized carbons (Fsp3) is 0.333. The first kappa shape index (κ1) is 22.2. The summed E-state index contributed by atoms with van der Waals surface area (Å²) in [7, 11) is 0. The number of carbonyl (C=O) groups excluding carboxylic acids is 2. The van der Waals surface area contributed by atoms with Crippen LogP contribution in [0.25, 0.3) is 0 Å². The van der Waals surface area contributed by atoms with Gasteiger partial charge in [0.1, 0.15) is 11.7 Å². The number of non-ortho nitro benzene ring substituents is 1. The summed E-state index contributed by atoms with van der Waals surface area (Å²) in [6.45, 7) is 0. The number of carbonyl (C=O) groups is 2. The SMILES string of the molecule is O=C1CCCC2=C1C(c1ccc([N+](=O)[O-])cc1)C(C(=O)c1cccs1)C(O)(C(F)(F)F)O2. The maximum Gasteiger partial charge on any atom is 0.456 e. The van der Waals surface area contributed by atoms with Crippen LogP contribution in [0.4, 0.5) is 18.9 Å². The average Bonchev–Trinajstić information content (AvgIpc) is 3.27. The quantitative estimate of drug-likeness (QED) is 0.402. The van der Waals surface area contributed by atoms with Crippen molar-refractivity contribution in [2.45, 2.75) is 37.1 Å². The van der Waals surface area contributed by atoms with Gasteiger partial charge in [-0.15, -0.1) is 11.3 Å². The summed E-state index contributed by atoms with van der Waals surface area (Å²) < 4.78 is 47.5. The molecular weight excluding hydrogens is 451 g/mol. The van der Waals surface area contributed by atoms with E-state index in [2.05, 4.69) is 0 Å². The van der Waals surface area contributed by atoms with Crippen molar-refractivity contribution in [2.24, 2.45) is 5.92 Å². The summed E-state index contributed by atoms with van der Waals surface area (Å²) in [6.07, 6.45) is -5.08. The van der Waals surface area contributed by atoms with Gasteiger partial charge in [-0.05, 0) is 23.4 Å². The molecule has 1 aliphatic heterocycles. The maximum atomic E-state index is 14.2. The van der Waals surface area contributed by atoms with Crippen LogP contribution in [-0.4, -0.2) is 33.6 Å². The monoisotopic (exact) mass is 467 g/mol.